The van der Waals surface area contributed by atoms with Crippen LogP contribution in [-0.4, -0.2) is 42.6 Å². The van der Waals surface area contributed by atoms with Crippen molar-refractivity contribution in [2.75, 3.05) is 19.6 Å². The van der Waals surface area contributed by atoms with Gasteiger partial charge in [-0.15, -0.1) is 0 Å². The van der Waals surface area contributed by atoms with Gasteiger partial charge in [-0.05, 0) is 25.7 Å². The van der Waals surface area contributed by atoms with Gasteiger partial charge in [-0.1, -0.05) is 6.92 Å². The van der Waals surface area contributed by atoms with E-state index in [2.05, 4.69) is 22.1 Å². The fraction of sp³-hybridized carbons (Fsp3) is 0.909. The zero-order valence-electron chi connectivity index (χ0n) is 9.58. The number of hydrogen-bond acceptors (Lipinski definition) is 2. The standard InChI is InChI=1S/C11H22N4/c1-2-6-13-11(12)14-9-5-7-15(8-9)10-3-4-10/h9-10H,2-8H2,1H3,(H3,12,13,14). The Kier molecular flexibility index (Phi) is 3.46. The zero-order valence-corrected chi connectivity index (χ0v) is 9.58. The van der Waals surface area contributed by atoms with Gasteiger partial charge in [0, 0.05) is 31.7 Å². The lowest BCUT2D eigenvalue weighted by Crippen LogP contribution is -2.41. The Labute approximate surface area is 91.9 Å². The van der Waals surface area contributed by atoms with E-state index in [0.717, 1.165) is 25.6 Å². The second kappa shape index (κ2) is 4.84. The van der Waals surface area contributed by atoms with E-state index in [9.17, 15) is 0 Å². The third-order valence-corrected chi connectivity index (χ3v) is 3.14. The van der Waals surface area contributed by atoms with Crippen LogP contribution in [0.3, 0.4) is 0 Å². The maximum absolute atomic E-state index is 5.80. The van der Waals surface area contributed by atoms with Crippen LogP contribution in [0.5, 0.6) is 0 Å². The van der Waals surface area contributed by atoms with Gasteiger partial charge in [0.2, 0.25) is 0 Å². The molecule has 15 heavy (non-hydrogen) atoms. The van der Waals surface area contributed by atoms with Crippen LogP contribution in [-0.2, 0) is 0 Å². The van der Waals surface area contributed by atoms with Crippen molar-refractivity contribution < 1.29 is 0 Å². The molecular weight excluding hydrogens is 188 g/mol. The average Bonchev–Trinajstić information content (AvgIpc) is 2.98. The number of nitrogens with two attached hydrogens (primary N) is 1. The largest absolute Gasteiger partial charge is 0.370 e. The van der Waals surface area contributed by atoms with Gasteiger partial charge in [0.15, 0.2) is 5.96 Å². The zero-order chi connectivity index (χ0) is 10.7. The predicted octanol–water partition coefficient (Wildman–Crippen LogP) is 0.537. The molecule has 2 aliphatic rings. The molecule has 1 saturated carbocycles. The van der Waals surface area contributed by atoms with Gasteiger partial charge >= 0.3 is 0 Å². The third kappa shape index (κ3) is 3.09. The molecule has 4 heteroatoms. The van der Waals surface area contributed by atoms with Gasteiger partial charge in [-0.3, -0.25) is 9.89 Å². The van der Waals surface area contributed by atoms with Crippen molar-refractivity contribution in [3.63, 3.8) is 0 Å². The molecule has 1 saturated heterocycles. The Morgan fingerprint density at radius 3 is 2.93 bits per heavy atom. The Bertz CT molecular complexity index is 235. The van der Waals surface area contributed by atoms with Crippen molar-refractivity contribution in [2.45, 2.75) is 44.7 Å². The molecule has 0 spiro atoms. The minimum Gasteiger partial charge on any atom is -0.370 e. The van der Waals surface area contributed by atoms with Crippen LogP contribution in [0.4, 0.5) is 0 Å². The van der Waals surface area contributed by atoms with E-state index in [1.165, 1.54) is 25.8 Å². The molecule has 1 heterocycles. The molecule has 1 aliphatic heterocycles. The quantitative estimate of drug-likeness (QED) is 0.526. The smallest absolute Gasteiger partial charge is 0.188 e. The number of nitrogens with zero attached hydrogens (tertiary/aromatic N) is 2. The van der Waals surface area contributed by atoms with Gasteiger partial charge in [-0.2, -0.15) is 0 Å². The molecule has 0 aromatic heterocycles. The second-order valence-electron chi connectivity index (χ2n) is 4.62. The van der Waals surface area contributed by atoms with Crippen LogP contribution in [0.2, 0.25) is 0 Å². The molecular formula is C11H22N4. The summed E-state index contributed by atoms with van der Waals surface area (Å²) in [6, 6.07) is 1.40. The lowest BCUT2D eigenvalue weighted by Gasteiger charge is -2.16. The van der Waals surface area contributed by atoms with E-state index in [1.807, 2.05) is 0 Å². The van der Waals surface area contributed by atoms with E-state index in [-0.39, 0.29) is 0 Å². The first-order chi connectivity index (χ1) is 7.29. The maximum Gasteiger partial charge on any atom is 0.188 e. The first-order valence-electron chi connectivity index (χ1n) is 6.10. The maximum atomic E-state index is 5.80. The minimum absolute atomic E-state index is 0.520. The highest BCUT2D eigenvalue weighted by Crippen LogP contribution is 2.29. The van der Waals surface area contributed by atoms with Gasteiger partial charge in [-0.25, -0.2) is 0 Å². The molecule has 0 amide bonds. The molecule has 1 atom stereocenters. The first kappa shape index (κ1) is 10.7. The summed E-state index contributed by atoms with van der Waals surface area (Å²) in [5, 5.41) is 3.31. The number of guanidine groups is 1. The third-order valence-electron chi connectivity index (χ3n) is 3.14. The molecule has 0 radical (unpaired) electrons. The summed E-state index contributed by atoms with van der Waals surface area (Å²) in [4.78, 5) is 6.83. The fourth-order valence-corrected chi connectivity index (χ4v) is 2.16. The number of aliphatic imine (C=N–C) groups is 1. The van der Waals surface area contributed by atoms with Gasteiger partial charge in [0.05, 0.1) is 0 Å². The lowest BCUT2D eigenvalue weighted by molar-refractivity contribution is 0.321. The molecule has 2 fully saturated rings. The molecule has 0 bridgehead atoms. The minimum atomic E-state index is 0.520. The van der Waals surface area contributed by atoms with E-state index in [4.69, 9.17) is 5.73 Å². The van der Waals surface area contributed by atoms with Crippen LogP contribution in [0, 0.1) is 0 Å². The molecule has 2 rings (SSSR count). The van der Waals surface area contributed by atoms with Crippen LogP contribution in [0.15, 0.2) is 4.99 Å². The second-order valence-corrected chi connectivity index (χ2v) is 4.62. The lowest BCUT2D eigenvalue weighted by atomic mass is 10.3. The summed E-state index contributed by atoms with van der Waals surface area (Å²) in [5.41, 5.74) is 5.80. The average molecular weight is 210 g/mol. The van der Waals surface area contributed by atoms with E-state index >= 15 is 0 Å². The highest BCUT2D eigenvalue weighted by molar-refractivity contribution is 5.78. The van der Waals surface area contributed by atoms with Crippen molar-refractivity contribution >= 4 is 5.96 Å². The normalized spacial score (nSPS) is 28.3. The SMILES string of the molecule is CCCN=C(N)NC1CCN(C2CC2)C1. The Morgan fingerprint density at radius 2 is 2.27 bits per heavy atom. The van der Waals surface area contributed by atoms with E-state index in [1.54, 1.807) is 0 Å². The first-order valence-corrected chi connectivity index (χ1v) is 6.10. The summed E-state index contributed by atoms with van der Waals surface area (Å²) >= 11 is 0. The summed E-state index contributed by atoms with van der Waals surface area (Å²) in [6.07, 6.45) is 5.05. The van der Waals surface area contributed by atoms with Crippen LogP contribution in [0.25, 0.3) is 0 Å². The van der Waals surface area contributed by atoms with Gasteiger partial charge in [0.25, 0.3) is 0 Å². The van der Waals surface area contributed by atoms with Crippen molar-refractivity contribution in [1.29, 1.82) is 0 Å². The molecule has 3 N–H and O–H groups in total. The molecule has 1 unspecified atom stereocenters. The van der Waals surface area contributed by atoms with Crippen LogP contribution >= 0.6 is 0 Å². The van der Waals surface area contributed by atoms with Crippen molar-refractivity contribution in [3.8, 4) is 0 Å². The molecule has 86 valence electrons. The number of hydrogen-bond donors (Lipinski definition) is 2. The monoisotopic (exact) mass is 210 g/mol. The van der Waals surface area contributed by atoms with E-state index in [0.29, 0.717) is 12.0 Å². The van der Waals surface area contributed by atoms with Gasteiger partial charge < -0.3 is 11.1 Å². The fourth-order valence-electron chi connectivity index (χ4n) is 2.16. The molecule has 1 aliphatic carbocycles. The molecule has 4 nitrogen and oxygen atoms in total. The predicted molar refractivity (Wildman–Crippen MR) is 62.9 cm³/mol. The topological polar surface area (TPSA) is 53.6 Å². The van der Waals surface area contributed by atoms with E-state index < -0.39 is 0 Å². The van der Waals surface area contributed by atoms with Crippen LogP contribution < -0.4 is 11.1 Å². The highest BCUT2D eigenvalue weighted by atomic mass is 15.2. The Morgan fingerprint density at radius 1 is 1.47 bits per heavy atom. The summed E-state index contributed by atoms with van der Waals surface area (Å²) in [5.74, 6) is 0.625. The molecule has 0 aromatic carbocycles. The number of nitrogens with one attached hydrogen (secondary N) is 1. The van der Waals surface area contributed by atoms with Crippen molar-refractivity contribution in [1.82, 2.24) is 10.2 Å². The number of rotatable bonds is 4. The van der Waals surface area contributed by atoms with Crippen molar-refractivity contribution in [2.24, 2.45) is 10.7 Å². The summed E-state index contributed by atoms with van der Waals surface area (Å²) in [6.45, 7) is 5.31. The van der Waals surface area contributed by atoms with Crippen molar-refractivity contribution in [3.05, 3.63) is 0 Å². The Hall–Kier alpha value is -0.770. The number of likely N-dealkylation sites (tertiary alicyclic amines) is 1. The van der Waals surface area contributed by atoms with Gasteiger partial charge in [0.1, 0.15) is 0 Å². The Balaban J connectivity index is 1.71. The van der Waals surface area contributed by atoms with Crippen LogP contribution in [0.1, 0.15) is 32.6 Å². The molecule has 0 aromatic rings. The summed E-state index contributed by atoms with van der Waals surface area (Å²) < 4.78 is 0. The summed E-state index contributed by atoms with van der Waals surface area (Å²) in [7, 11) is 0. The highest BCUT2D eigenvalue weighted by Gasteiger charge is 2.34.